The molecule has 0 aromatic carbocycles. The van der Waals surface area contributed by atoms with Gasteiger partial charge in [0.1, 0.15) is 15.9 Å². The van der Waals surface area contributed by atoms with Crippen LogP contribution < -0.4 is 10.0 Å². The molecule has 1 amide bonds. The lowest BCUT2D eigenvalue weighted by molar-refractivity contribution is -0.145. The molecule has 0 radical (unpaired) electrons. The first-order valence-corrected chi connectivity index (χ1v) is 10.2. The van der Waals surface area contributed by atoms with Gasteiger partial charge in [-0.05, 0) is 74.1 Å². The summed E-state index contributed by atoms with van der Waals surface area (Å²) in [6.07, 6.45) is 0.990. The predicted molar refractivity (Wildman–Crippen MR) is 104 cm³/mol. The van der Waals surface area contributed by atoms with Gasteiger partial charge in [-0.25, -0.2) is 9.59 Å². The molecule has 0 saturated heterocycles. The molecule has 0 aromatic rings. The maximum Gasteiger partial charge on any atom is 0.408 e. The van der Waals surface area contributed by atoms with E-state index in [1.54, 1.807) is 27.7 Å². The smallest absolute Gasteiger partial charge is 0.408 e. The van der Waals surface area contributed by atoms with Crippen LogP contribution in [0.1, 0.15) is 81.1 Å². The minimum atomic E-state index is -1.37. The largest absolute Gasteiger partial charge is 0.598 e. The first kappa shape index (κ1) is 25.0. The number of hydrogen-bond acceptors (Lipinski definition) is 5. The highest BCUT2D eigenvalue weighted by molar-refractivity contribution is 7.90. The monoisotopic (exact) mass is 392 g/mol. The van der Waals surface area contributed by atoms with Crippen LogP contribution in [0.25, 0.3) is 0 Å². The quantitative estimate of drug-likeness (QED) is 0.519. The zero-order valence-electron chi connectivity index (χ0n) is 17.4. The fourth-order valence-corrected chi connectivity index (χ4v) is 3.10. The summed E-state index contributed by atoms with van der Waals surface area (Å²) in [6.45, 7) is 14.5. The number of carbonyl (C=O) groups excluding carboxylic acids is 1. The number of rotatable bonds is 9. The van der Waals surface area contributed by atoms with Crippen molar-refractivity contribution in [2.45, 2.75) is 103 Å². The van der Waals surface area contributed by atoms with Crippen LogP contribution in [0.5, 0.6) is 0 Å². The average molecular weight is 393 g/mol. The second kappa shape index (κ2) is 9.80. The molecule has 3 atom stereocenters. The van der Waals surface area contributed by atoms with Crippen molar-refractivity contribution >= 4 is 23.4 Å². The Kier molecular flexibility index (Phi) is 9.43. The first-order chi connectivity index (χ1) is 11.6. The van der Waals surface area contributed by atoms with E-state index in [4.69, 9.17) is 4.74 Å². The van der Waals surface area contributed by atoms with E-state index in [-0.39, 0.29) is 23.6 Å². The van der Waals surface area contributed by atoms with Crippen LogP contribution in [0.2, 0.25) is 0 Å². The summed E-state index contributed by atoms with van der Waals surface area (Å²) in [4.78, 5) is 23.8. The zero-order valence-corrected chi connectivity index (χ0v) is 18.2. The molecule has 0 spiro atoms. The maximum absolute atomic E-state index is 12.1. The van der Waals surface area contributed by atoms with Crippen LogP contribution in [0.15, 0.2) is 0 Å². The van der Waals surface area contributed by atoms with E-state index < -0.39 is 34.6 Å². The minimum absolute atomic E-state index is 0.0278. The van der Waals surface area contributed by atoms with Crippen molar-refractivity contribution in [2.24, 2.45) is 0 Å². The van der Waals surface area contributed by atoms with Crippen molar-refractivity contribution in [3.8, 4) is 0 Å². The normalized spacial score (nSPS) is 17.1. The van der Waals surface area contributed by atoms with Crippen LogP contribution >= 0.6 is 0 Å². The van der Waals surface area contributed by atoms with E-state index >= 15 is 0 Å². The molecule has 0 heterocycles. The van der Waals surface area contributed by atoms with Crippen molar-refractivity contribution < 1.29 is 24.0 Å². The standard InChI is InChI=1S/C18H36N2O5S/c1-9-18(14(21)22,19-15(23)25-16(3,4)5)12-10-11-13(2)20-26(24)17(6,7)8/h13,20H,9-12H2,1-8H3,(H,19,23)(H,21,22)/t13-,18-,26-/m0/s1. The predicted octanol–water partition coefficient (Wildman–Crippen LogP) is 3.36. The van der Waals surface area contributed by atoms with E-state index in [0.717, 1.165) is 0 Å². The molecule has 0 aliphatic rings. The number of nitrogens with one attached hydrogen (secondary N) is 2. The third-order valence-electron chi connectivity index (χ3n) is 3.86. The Labute approximate surface area is 161 Å². The molecule has 0 fully saturated rings. The van der Waals surface area contributed by atoms with Crippen molar-refractivity contribution in [1.82, 2.24) is 10.0 Å². The second-order valence-electron chi connectivity index (χ2n) is 8.66. The van der Waals surface area contributed by atoms with Gasteiger partial charge in [0.2, 0.25) is 0 Å². The Balaban J connectivity index is 4.78. The second-order valence-corrected chi connectivity index (χ2v) is 10.7. The summed E-state index contributed by atoms with van der Waals surface area (Å²) in [5.74, 6) is -1.08. The van der Waals surface area contributed by atoms with Gasteiger partial charge in [-0.3, -0.25) is 0 Å². The molecule has 7 nitrogen and oxygen atoms in total. The van der Waals surface area contributed by atoms with Gasteiger partial charge in [0.15, 0.2) is 0 Å². The van der Waals surface area contributed by atoms with E-state index in [9.17, 15) is 19.2 Å². The average Bonchev–Trinajstić information content (AvgIpc) is 2.42. The molecule has 0 bridgehead atoms. The molecule has 0 unspecified atom stereocenters. The first-order valence-electron chi connectivity index (χ1n) is 9.05. The summed E-state index contributed by atoms with van der Waals surface area (Å²) in [6, 6.07) is -0.0278. The Morgan fingerprint density at radius 1 is 1.19 bits per heavy atom. The molecule has 154 valence electrons. The van der Waals surface area contributed by atoms with Crippen molar-refractivity contribution in [1.29, 1.82) is 0 Å². The van der Waals surface area contributed by atoms with E-state index in [1.807, 2.05) is 27.7 Å². The molecule has 26 heavy (non-hydrogen) atoms. The summed E-state index contributed by atoms with van der Waals surface area (Å²) < 4.78 is 20.0. The molecule has 0 aromatic heterocycles. The number of carboxylic acids is 1. The lowest BCUT2D eigenvalue weighted by Gasteiger charge is -2.31. The van der Waals surface area contributed by atoms with Crippen LogP contribution in [0, 0.1) is 0 Å². The third-order valence-corrected chi connectivity index (χ3v) is 5.59. The Morgan fingerprint density at radius 3 is 2.12 bits per heavy atom. The van der Waals surface area contributed by atoms with Gasteiger partial charge in [-0.1, -0.05) is 6.92 Å². The number of aliphatic carboxylic acids is 1. The van der Waals surface area contributed by atoms with Gasteiger partial charge < -0.3 is 19.7 Å². The van der Waals surface area contributed by atoms with Crippen LogP contribution in [-0.2, 0) is 20.9 Å². The highest BCUT2D eigenvalue weighted by Crippen LogP contribution is 2.22. The molecule has 8 heteroatoms. The van der Waals surface area contributed by atoms with Gasteiger partial charge in [-0.2, -0.15) is 0 Å². The summed E-state index contributed by atoms with van der Waals surface area (Å²) >= 11 is -1.18. The van der Waals surface area contributed by atoms with Crippen molar-refractivity contribution in [3.05, 3.63) is 0 Å². The molecule has 3 N–H and O–H groups in total. The van der Waals surface area contributed by atoms with Crippen LogP contribution in [-0.4, -0.2) is 43.7 Å². The number of carboxylic acid groups (broad SMARTS) is 1. The van der Waals surface area contributed by atoms with Crippen molar-refractivity contribution in [2.75, 3.05) is 0 Å². The maximum atomic E-state index is 12.1. The van der Waals surface area contributed by atoms with Gasteiger partial charge in [-0.15, -0.1) is 4.72 Å². The van der Waals surface area contributed by atoms with E-state index in [2.05, 4.69) is 10.0 Å². The molecule has 0 aliphatic carbocycles. The highest BCUT2D eigenvalue weighted by Gasteiger charge is 2.39. The van der Waals surface area contributed by atoms with Crippen LogP contribution in [0.4, 0.5) is 4.79 Å². The van der Waals surface area contributed by atoms with Gasteiger partial charge >= 0.3 is 12.1 Å². The number of amides is 1. The summed E-state index contributed by atoms with van der Waals surface area (Å²) in [5, 5.41) is 12.2. The Bertz CT molecular complexity index is 473. The number of hydrogen-bond donors (Lipinski definition) is 3. The highest BCUT2D eigenvalue weighted by atomic mass is 32.2. The Hall–Kier alpha value is -0.990. The molecule has 0 rings (SSSR count). The minimum Gasteiger partial charge on any atom is -0.598 e. The number of ether oxygens (including phenoxy) is 1. The lowest BCUT2D eigenvalue weighted by atomic mass is 9.89. The zero-order chi connectivity index (χ0) is 20.8. The van der Waals surface area contributed by atoms with E-state index in [0.29, 0.717) is 12.8 Å². The molecule has 0 saturated carbocycles. The van der Waals surface area contributed by atoms with Crippen LogP contribution in [0.3, 0.4) is 0 Å². The third kappa shape index (κ3) is 9.09. The summed E-state index contributed by atoms with van der Waals surface area (Å²) in [7, 11) is 0. The Morgan fingerprint density at radius 2 is 1.73 bits per heavy atom. The van der Waals surface area contributed by atoms with Crippen molar-refractivity contribution in [3.63, 3.8) is 0 Å². The molecular weight excluding hydrogens is 356 g/mol. The van der Waals surface area contributed by atoms with E-state index in [1.165, 1.54) is 0 Å². The van der Waals surface area contributed by atoms with Gasteiger partial charge in [0, 0.05) is 17.4 Å². The fourth-order valence-electron chi connectivity index (χ4n) is 2.27. The van der Waals surface area contributed by atoms with Gasteiger partial charge in [0.05, 0.1) is 0 Å². The van der Waals surface area contributed by atoms with Gasteiger partial charge in [0.25, 0.3) is 0 Å². The number of alkyl carbamates (subject to hydrolysis) is 1. The fraction of sp³-hybridized carbons (Fsp3) is 0.889. The summed E-state index contributed by atoms with van der Waals surface area (Å²) in [5.41, 5.74) is -2.07. The molecule has 0 aliphatic heterocycles. The molecular formula is C18H36N2O5S. The SMILES string of the molecule is CC[C@@](CCC[C@H](C)N[S@@+]([O-])C(C)(C)C)(NC(=O)OC(C)(C)C)C(=O)O. The lowest BCUT2D eigenvalue weighted by Crippen LogP contribution is -2.55. The topological polar surface area (TPSA) is 111 Å². The number of carbonyl (C=O) groups is 2.